The monoisotopic (exact) mass is 352 g/mol. The van der Waals surface area contributed by atoms with Crippen LogP contribution in [-0.2, 0) is 0 Å². The van der Waals surface area contributed by atoms with Gasteiger partial charge in [-0.05, 0) is 43.7 Å². The van der Waals surface area contributed by atoms with Crippen LogP contribution in [0.3, 0.4) is 0 Å². The van der Waals surface area contributed by atoms with E-state index in [9.17, 15) is 4.79 Å². The van der Waals surface area contributed by atoms with Crippen LogP contribution < -0.4 is 0 Å². The quantitative estimate of drug-likeness (QED) is 0.725. The van der Waals surface area contributed by atoms with Gasteiger partial charge in [-0.1, -0.05) is 18.2 Å². The van der Waals surface area contributed by atoms with E-state index in [1.54, 1.807) is 18.0 Å². The Morgan fingerprint density at radius 1 is 1.36 bits per heavy atom. The molecule has 0 spiro atoms. The van der Waals surface area contributed by atoms with E-state index in [1.165, 1.54) is 10.5 Å². The first-order valence-corrected chi connectivity index (χ1v) is 9.66. The molecule has 5 nitrogen and oxygen atoms in total. The number of rotatable bonds is 3. The van der Waals surface area contributed by atoms with Gasteiger partial charge >= 0.3 is 0 Å². The molecule has 1 fully saturated rings. The summed E-state index contributed by atoms with van der Waals surface area (Å²) in [6.07, 6.45) is 5.75. The number of pyridine rings is 1. The maximum Gasteiger partial charge on any atom is 0.255 e. The molecule has 0 radical (unpaired) electrons. The van der Waals surface area contributed by atoms with Crippen LogP contribution in [0.1, 0.15) is 40.5 Å². The number of hydrogen-bond acceptors (Lipinski definition) is 4. The Morgan fingerprint density at radius 2 is 2.20 bits per heavy atom. The van der Waals surface area contributed by atoms with Gasteiger partial charge in [0.1, 0.15) is 0 Å². The highest BCUT2D eigenvalue weighted by Crippen LogP contribution is 2.37. The third kappa shape index (κ3) is 2.80. The predicted molar refractivity (Wildman–Crippen MR) is 99.9 cm³/mol. The number of thioether (sulfide) groups is 1. The third-order valence-electron chi connectivity index (χ3n) is 4.86. The molecule has 1 aliphatic rings. The van der Waals surface area contributed by atoms with Gasteiger partial charge in [-0.2, -0.15) is 5.10 Å². The minimum Gasteiger partial charge on any atom is -0.332 e. The highest BCUT2D eigenvalue weighted by molar-refractivity contribution is 7.98. The van der Waals surface area contributed by atoms with Crippen LogP contribution in [-0.4, -0.2) is 38.8 Å². The maximum absolute atomic E-state index is 13.2. The van der Waals surface area contributed by atoms with Crippen molar-refractivity contribution in [1.29, 1.82) is 0 Å². The summed E-state index contributed by atoms with van der Waals surface area (Å²) in [7, 11) is 0. The van der Waals surface area contributed by atoms with Crippen molar-refractivity contribution in [3.63, 3.8) is 0 Å². The summed E-state index contributed by atoms with van der Waals surface area (Å²) in [4.78, 5) is 20.7. The minimum atomic E-state index is 0.0495. The molecule has 0 saturated carbocycles. The molecule has 1 aliphatic heterocycles. The second-order valence-electron chi connectivity index (χ2n) is 6.34. The summed E-state index contributed by atoms with van der Waals surface area (Å²) >= 11 is 1.73. The van der Waals surface area contributed by atoms with E-state index in [2.05, 4.69) is 45.7 Å². The number of carbonyl (C=O) groups is 1. The van der Waals surface area contributed by atoms with E-state index < -0.39 is 0 Å². The lowest BCUT2D eigenvalue weighted by molar-refractivity contribution is 0.0734. The summed E-state index contributed by atoms with van der Waals surface area (Å²) in [5.74, 6) is 0.0495. The van der Waals surface area contributed by atoms with E-state index in [0.717, 1.165) is 30.5 Å². The summed E-state index contributed by atoms with van der Waals surface area (Å²) in [6, 6.07) is 10.4. The average molecular weight is 352 g/mol. The first-order valence-electron chi connectivity index (χ1n) is 8.43. The zero-order chi connectivity index (χ0) is 17.4. The Hall–Kier alpha value is -2.34. The Morgan fingerprint density at radius 3 is 3.04 bits per heavy atom. The molecule has 0 unspecified atom stereocenters. The van der Waals surface area contributed by atoms with Crippen LogP contribution in [0, 0.1) is 6.92 Å². The Labute approximate surface area is 150 Å². The molecule has 6 heteroatoms. The van der Waals surface area contributed by atoms with Gasteiger partial charge in [-0.3, -0.25) is 9.89 Å². The second kappa shape index (κ2) is 6.52. The summed E-state index contributed by atoms with van der Waals surface area (Å²) < 4.78 is 0. The van der Waals surface area contributed by atoms with Gasteiger partial charge in [-0.15, -0.1) is 11.8 Å². The number of H-pyrrole nitrogens is 1. The number of aromatic nitrogens is 3. The zero-order valence-corrected chi connectivity index (χ0v) is 15.1. The Balaban J connectivity index is 1.69. The first-order chi connectivity index (χ1) is 12.2. The van der Waals surface area contributed by atoms with E-state index in [4.69, 9.17) is 0 Å². The molecule has 1 N–H and O–H groups in total. The predicted octanol–water partition coefficient (Wildman–Crippen LogP) is 3.97. The molecule has 2 aromatic heterocycles. The minimum absolute atomic E-state index is 0.0495. The standard InChI is InChI=1S/C19H20N4OS/c1-12-15-10-13(11-20-18(15)22-21-12)19(24)23-9-5-7-16(23)14-6-3-4-8-17(14)25-2/h3-4,6,8,10-11,16H,5,7,9H2,1-2H3,(H,20,21,22)/t16-/m1/s1. The van der Waals surface area contributed by atoms with Crippen molar-refractivity contribution in [3.05, 3.63) is 53.3 Å². The fourth-order valence-corrected chi connectivity index (χ4v) is 4.23. The normalized spacial score (nSPS) is 17.4. The van der Waals surface area contributed by atoms with Gasteiger partial charge in [0.25, 0.3) is 5.91 Å². The van der Waals surface area contributed by atoms with E-state index in [1.807, 2.05) is 17.9 Å². The van der Waals surface area contributed by atoms with Crippen molar-refractivity contribution >= 4 is 28.7 Å². The molecule has 3 aromatic rings. The number of hydrogen-bond donors (Lipinski definition) is 1. The molecule has 0 aliphatic carbocycles. The summed E-state index contributed by atoms with van der Waals surface area (Å²) in [5.41, 5.74) is 3.46. The Kier molecular flexibility index (Phi) is 4.21. The number of benzene rings is 1. The SMILES string of the molecule is CSc1ccccc1[C@H]1CCCN1C(=O)c1cnc2n[nH]c(C)c2c1. The fourth-order valence-electron chi connectivity index (χ4n) is 3.58. The molecular weight excluding hydrogens is 332 g/mol. The molecular formula is C19H20N4OS. The second-order valence-corrected chi connectivity index (χ2v) is 7.19. The number of nitrogens with one attached hydrogen (secondary N) is 1. The molecule has 1 saturated heterocycles. The van der Waals surface area contributed by atoms with Crippen LogP contribution in [0.25, 0.3) is 11.0 Å². The van der Waals surface area contributed by atoms with E-state index in [0.29, 0.717) is 11.2 Å². The number of fused-ring (bicyclic) bond motifs is 1. The maximum atomic E-state index is 13.2. The lowest BCUT2D eigenvalue weighted by atomic mass is 10.0. The van der Waals surface area contributed by atoms with Crippen molar-refractivity contribution in [3.8, 4) is 0 Å². The number of aryl methyl sites for hydroxylation is 1. The highest BCUT2D eigenvalue weighted by atomic mass is 32.2. The number of carbonyl (C=O) groups excluding carboxylic acids is 1. The molecule has 1 aromatic carbocycles. The lowest BCUT2D eigenvalue weighted by Crippen LogP contribution is -2.30. The van der Waals surface area contributed by atoms with E-state index in [-0.39, 0.29) is 11.9 Å². The molecule has 3 heterocycles. The molecule has 25 heavy (non-hydrogen) atoms. The van der Waals surface area contributed by atoms with Gasteiger partial charge in [0.05, 0.1) is 11.6 Å². The topological polar surface area (TPSA) is 61.9 Å². The van der Waals surface area contributed by atoms with Gasteiger partial charge in [-0.25, -0.2) is 4.98 Å². The van der Waals surface area contributed by atoms with Crippen molar-refractivity contribution in [2.24, 2.45) is 0 Å². The van der Waals surface area contributed by atoms with Crippen LogP contribution >= 0.6 is 11.8 Å². The average Bonchev–Trinajstić information content (AvgIpc) is 3.28. The molecule has 1 atom stereocenters. The van der Waals surface area contributed by atoms with Gasteiger partial charge in [0.15, 0.2) is 5.65 Å². The van der Waals surface area contributed by atoms with Crippen molar-refractivity contribution in [1.82, 2.24) is 20.1 Å². The molecule has 0 bridgehead atoms. The number of aromatic amines is 1. The zero-order valence-electron chi connectivity index (χ0n) is 14.3. The van der Waals surface area contributed by atoms with Crippen LogP contribution in [0.15, 0.2) is 41.4 Å². The van der Waals surface area contributed by atoms with Gasteiger partial charge in [0.2, 0.25) is 0 Å². The number of amides is 1. The van der Waals surface area contributed by atoms with Crippen molar-refractivity contribution in [2.75, 3.05) is 12.8 Å². The van der Waals surface area contributed by atoms with Crippen LogP contribution in [0.2, 0.25) is 0 Å². The van der Waals surface area contributed by atoms with Gasteiger partial charge < -0.3 is 4.90 Å². The van der Waals surface area contributed by atoms with Crippen molar-refractivity contribution < 1.29 is 4.79 Å². The first kappa shape index (κ1) is 16.1. The van der Waals surface area contributed by atoms with Crippen LogP contribution in [0.5, 0.6) is 0 Å². The highest BCUT2D eigenvalue weighted by Gasteiger charge is 2.32. The summed E-state index contributed by atoms with van der Waals surface area (Å²) in [5, 5.41) is 7.97. The summed E-state index contributed by atoms with van der Waals surface area (Å²) in [6.45, 7) is 2.73. The number of likely N-dealkylation sites (tertiary alicyclic amines) is 1. The number of nitrogens with zero attached hydrogens (tertiary/aromatic N) is 3. The molecule has 128 valence electrons. The fraction of sp³-hybridized carbons (Fsp3) is 0.316. The Bertz CT molecular complexity index is 936. The lowest BCUT2D eigenvalue weighted by Gasteiger charge is -2.26. The largest absolute Gasteiger partial charge is 0.332 e. The molecule has 1 amide bonds. The molecule has 4 rings (SSSR count). The van der Waals surface area contributed by atoms with E-state index >= 15 is 0 Å². The third-order valence-corrected chi connectivity index (χ3v) is 5.67. The van der Waals surface area contributed by atoms with Crippen molar-refractivity contribution in [2.45, 2.75) is 30.7 Å². The van der Waals surface area contributed by atoms with Gasteiger partial charge in [0, 0.05) is 28.7 Å². The smallest absolute Gasteiger partial charge is 0.255 e. The van der Waals surface area contributed by atoms with Crippen LogP contribution in [0.4, 0.5) is 0 Å².